The minimum atomic E-state index is -0.762. The quantitative estimate of drug-likeness (QED) is 0.0343. The highest BCUT2D eigenvalue weighted by Crippen LogP contribution is 2.18. The zero-order chi connectivity index (χ0) is 50.0. The number of rotatable bonds is 59. The number of esters is 3. The minimum absolute atomic E-state index is 0.0606. The monoisotopic (exact) mass is 975 g/mol. The molecule has 6 nitrogen and oxygen atoms in total. The zero-order valence-electron chi connectivity index (χ0n) is 47.1. The van der Waals surface area contributed by atoms with Gasteiger partial charge in [0.2, 0.25) is 0 Å². The van der Waals surface area contributed by atoms with E-state index >= 15 is 0 Å². The second-order valence-electron chi connectivity index (χ2n) is 21.7. The van der Waals surface area contributed by atoms with Gasteiger partial charge in [-0.2, -0.15) is 0 Å². The van der Waals surface area contributed by atoms with Crippen molar-refractivity contribution in [3.8, 4) is 0 Å². The van der Waals surface area contributed by atoms with Crippen molar-refractivity contribution in [2.45, 2.75) is 374 Å². The summed E-state index contributed by atoms with van der Waals surface area (Å²) in [5.74, 6) is -0.825. The Kier molecular flexibility index (Phi) is 57.6. The fourth-order valence-corrected chi connectivity index (χ4v) is 9.86. The first-order valence-corrected chi connectivity index (χ1v) is 31.5. The third kappa shape index (κ3) is 57.2. The molecule has 0 rings (SSSR count). The summed E-state index contributed by atoms with van der Waals surface area (Å²) in [6.45, 7) is 6.73. The lowest BCUT2D eigenvalue weighted by Gasteiger charge is -2.18. The molecule has 0 heterocycles. The SMILES string of the molecule is CCCCCCCCCCCCCCCCCCCCCC(=O)OC[C@H](COC(=O)CCCCCCCCCCCCCCCC)OC(=O)CCCCCCCCCCCCCCCCCCCC. The fraction of sp³-hybridized carbons (Fsp3) is 0.952. The Morgan fingerprint density at radius 1 is 0.232 bits per heavy atom. The van der Waals surface area contributed by atoms with Crippen LogP contribution < -0.4 is 0 Å². The fourth-order valence-electron chi connectivity index (χ4n) is 9.86. The lowest BCUT2D eigenvalue weighted by atomic mass is 10.0. The molecule has 0 aliphatic rings. The topological polar surface area (TPSA) is 78.9 Å². The Morgan fingerprint density at radius 3 is 0.580 bits per heavy atom. The summed E-state index contributed by atoms with van der Waals surface area (Å²) in [5, 5.41) is 0. The Bertz CT molecular complexity index is 1030. The van der Waals surface area contributed by atoms with Crippen molar-refractivity contribution < 1.29 is 28.6 Å². The van der Waals surface area contributed by atoms with Crippen LogP contribution in [0.15, 0.2) is 0 Å². The number of carbonyl (C=O) groups is 3. The van der Waals surface area contributed by atoms with Gasteiger partial charge in [0.1, 0.15) is 13.2 Å². The molecule has 6 heteroatoms. The van der Waals surface area contributed by atoms with E-state index in [4.69, 9.17) is 14.2 Å². The van der Waals surface area contributed by atoms with Crippen LogP contribution in [0, 0.1) is 0 Å². The van der Waals surface area contributed by atoms with Gasteiger partial charge in [-0.15, -0.1) is 0 Å². The largest absolute Gasteiger partial charge is 0.462 e. The lowest BCUT2D eigenvalue weighted by molar-refractivity contribution is -0.167. The highest BCUT2D eigenvalue weighted by molar-refractivity contribution is 5.71. The van der Waals surface area contributed by atoms with Crippen LogP contribution in [0.1, 0.15) is 367 Å². The maximum absolute atomic E-state index is 12.9. The van der Waals surface area contributed by atoms with Gasteiger partial charge >= 0.3 is 17.9 Å². The maximum atomic E-state index is 12.9. The first kappa shape index (κ1) is 67.4. The van der Waals surface area contributed by atoms with E-state index in [1.54, 1.807) is 0 Å². The molecule has 0 spiro atoms. The molecule has 0 aliphatic carbocycles. The predicted octanol–water partition coefficient (Wildman–Crippen LogP) is 21.1. The Labute approximate surface area is 431 Å². The summed E-state index contributed by atoms with van der Waals surface area (Å²) in [6, 6.07) is 0. The second kappa shape index (κ2) is 59.0. The third-order valence-electron chi connectivity index (χ3n) is 14.6. The Morgan fingerprint density at radius 2 is 0.391 bits per heavy atom. The van der Waals surface area contributed by atoms with Crippen molar-refractivity contribution in [2.75, 3.05) is 13.2 Å². The van der Waals surface area contributed by atoms with Crippen molar-refractivity contribution in [1.29, 1.82) is 0 Å². The van der Waals surface area contributed by atoms with E-state index in [2.05, 4.69) is 20.8 Å². The van der Waals surface area contributed by atoms with E-state index in [9.17, 15) is 14.4 Å². The van der Waals surface area contributed by atoms with Gasteiger partial charge in [0.15, 0.2) is 6.10 Å². The third-order valence-corrected chi connectivity index (χ3v) is 14.6. The van der Waals surface area contributed by atoms with Gasteiger partial charge in [-0.1, -0.05) is 329 Å². The van der Waals surface area contributed by atoms with Gasteiger partial charge < -0.3 is 14.2 Å². The summed E-state index contributed by atoms with van der Waals surface area (Å²) < 4.78 is 16.9. The van der Waals surface area contributed by atoms with Crippen molar-refractivity contribution >= 4 is 17.9 Å². The van der Waals surface area contributed by atoms with Crippen LogP contribution in [0.5, 0.6) is 0 Å². The molecule has 0 aliphatic heterocycles. The predicted molar refractivity (Wildman–Crippen MR) is 298 cm³/mol. The molecule has 0 bridgehead atoms. The maximum Gasteiger partial charge on any atom is 0.306 e. The highest BCUT2D eigenvalue weighted by Gasteiger charge is 2.19. The molecule has 0 N–H and O–H groups in total. The molecule has 0 fully saturated rings. The average molecular weight is 976 g/mol. The zero-order valence-corrected chi connectivity index (χ0v) is 47.1. The van der Waals surface area contributed by atoms with E-state index in [1.165, 1.54) is 270 Å². The van der Waals surface area contributed by atoms with Gasteiger partial charge in [-0.3, -0.25) is 14.4 Å². The number of hydrogen-bond donors (Lipinski definition) is 0. The summed E-state index contributed by atoms with van der Waals surface area (Å²) >= 11 is 0. The smallest absolute Gasteiger partial charge is 0.306 e. The van der Waals surface area contributed by atoms with Gasteiger partial charge in [-0.25, -0.2) is 0 Å². The molecule has 0 saturated carbocycles. The van der Waals surface area contributed by atoms with Crippen LogP contribution in [0.2, 0.25) is 0 Å². The van der Waals surface area contributed by atoms with Gasteiger partial charge in [0.05, 0.1) is 0 Å². The molecule has 0 amide bonds. The van der Waals surface area contributed by atoms with Crippen LogP contribution in [0.4, 0.5) is 0 Å². The summed E-state index contributed by atoms with van der Waals surface area (Å²) in [7, 11) is 0. The number of carbonyl (C=O) groups excluding carboxylic acids is 3. The van der Waals surface area contributed by atoms with Crippen molar-refractivity contribution in [1.82, 2.24) is 0 Å². The summed E-state index contributed by atoms with van der Waals surface area (Å²) in [5.41, 5.74) is 0. The van der Waals surface area contributed by atoms with E-state index in [-0.39, 0.29) is 31.1 Å². The van der Waals surface area contributed by atoms with Crippen LogP contribution in [-0.4, -0.2) is 37.2 Å². The van der Waals surface area contributed by atoms with E-state index < -0.39 is 6.10 Å². The first-order chi connectivity index (χ1) is 34.0. The minimum Gasteiger partial charge on any atom is -0.462 e. The molecular weight excluding hydrogens is 853 g/mol. The molecule has 410 valence electrons. The van der Waals surface area contributed by atoms with Crippen molar-refractivity contribution in [3.63, 3.8) is 0 Å². The number of ether oxygens (including phenoxy) is 3. The van der Waals surface area contributed by atoms with Crippen LogP contribution in [-0.2, 0) is 28.6 Å². The molecule has 69 heavy (non-hydrogen) atoms. The van der Waals surface area contributed by atoms with Crippen molar-refractivity contribution in [3.05, 3.63) is 0 Å². The normalized spacial score (nSPS) is 11.9. The molecule has 0 aromatic carbocycles. The van der Waals surface area contributed by atoms with E-state index in [0.717, 1.165) is 57.8 Å². The average Bonchev–Trinajstić information content (AvgIpc) is 3.35. The molecule has 0 radical (unpaired) electrons. The molecular formula is C63H122O6. The van der Waals surface area contributed by atoms with Crippen LogP contribution in [0.3, 0.4) is 0 Å². The molecule has 0 saturated heterocycles. The number of unbranched alkanes of at least 4 members (excludes halogenated alkanes) is 48. The first-order valence-electron chi connectivity index (χ1n) is 31.5. The van der Waals surface area contributed by atoms with Gasteiger partial charge in [0, 0.05) is 19.3 Å². The molecule has 0 aromatic rings. The lowest BCUT2D eigenvalue weighted by Crippen LogP contribution is -2.30. The standard InChI is InChI=1S/C63H122O6/c1-4-7-10-13-16-19-22-25-28-30-32-34-35-38-41-44-47-50-53-56-62(65)68-59-60(58-67-61(64)55-52-49-46-43-40-37-27-24-21-18-15-12-9-6-3)69-63(66)57-54-51-48-45-42-39-36-33-31-29-26-23-20-17-14-11-8-5-2/h60H,4-59H2,1-3H3/t60-/m0/s1. The Hall–Kier alpha value is -1.59. The highest BCUT2D eigenvalue weighted by atomic mass is 16.6. The van der Waals surface area contributed by atoms with E-state index in [0.29, 0.717) is 19.3 Å². The van der Waals surface area contributed by atoms with Gasteiger partial charge in [0.25, 0.3) is 0 Å². The van der Waals surface area contributed by atoms with Gasteiger partial charge in [-0.05, 0) is 19.3 Å². The van der Waals surface area contributed by atoms with Crippen LogP contribution >= 0.6 is 0 Å². The number of hydrogen-bond acceptors (Lipinski definition) is 6. The second-order valence-corrected chi connectivity index (χ2v) is 21.7. The van der Waals surface area contributed by atoms with Crippen molar-refractivity contribution in [2.24, 2.45) is 0 Å². The van der Waals surface area contributed by atoms with Crippen LogP contribution in [0.25, 0.3) is 0 Å². The molecule has 0 aromatic heterocycles. The summed E-state index contributed by atoms with van der Waals surface area (Å²) in [6.07, 6.45) is 66.7. The summed E-state index contributed by atoms with van der Waals surface area (Å²) in [4.78, 5) is 38.3. The Balaban J connectivity index is 4.27. The van der Waals surface area contributed by atoms with E-state index in [1.807, 2.05) is 0 Å². The molecule has 0 unspecified atom stereocenters. The molecule has 1 atom stereocenters.